The third kappa shape index (κ3) is 2.60. The van der Waals surface area contributed by atoms with Gasteiger partial charge < -0.3 is 4.90 Å². The number of hydrogen-bond acceptors (Lipinski definition) is 1. The van der Waals surface area contributed by atoms with Crippen LogP contribution >= 0.6 is 15.9 Å². The second-order valence-electron chi connectivity index (χ2n) is 2.42. The van der Waals surface area contributed by atoms with E-state index in [4.69, 9.17) is 0 Å². The van der Waals surface area contributed by atoms with Crippen LogP contribution < -0.4 is 4.90 Å². The SMILES string of the molecule is CN(C(=O)C#CBr)c1ccccc1. The smallest absolute Gasteiger partial charge is 0.303 e. The van der Waals surface area contributed by atoms with Gasteiger partial charge in [-0.3, -0.25) is 4.79 Å². The standard InChI is InChI=1S/C10H8BrNO/c1-12(10(13)7-8-11)9-5-3-2-4-6-9/h2-6H,1H3. The third-order valence-corrected chi connectivity index (χ3v) is 1.80. The van der Waals surface area contributed by atoms with E-state index in [0.717, 1.165) is 5.69 Å². The van der Waals surface area contributed by atoms with Crippen molar-refractivity contribution in [3.63, 3.8) is 0 Å². The molecule has 0 bridgehead atoms. The van der Waals surface area contributed by atoms with E-state index in [-0.39, 0.29) is 5.91 Å². The highest BCUT2D eigenvalue weighted by atomic mass is 79.9. The summed E-state index contributed by atoms with van der Waals surface area (Å²) < 4.78 is 0. The van der Waals surface area contributed by atoms with Crippen LogP contribution in [0.5, 0.6) is 0 Å². The molecule has 0 aliphatic rings. The van der Waals surface area contributed by atoms with Gasteiger partial charge in [0.05, 0.1) is 0 Å². The van der Waals surface area contributed by atoms with Crippen molar-refractivity contribution in [3.8, 4) is 10.8 Å². The Labute approximate surface area is 85.7 Å². The summed E-state index contributed by atoms with van der Waals surface area (Å²) in [4.78, 5) is 15.1. The average molecular weight is 238 g/mol. The maximum atomic E-state index is 11.3. The minimum absolute atomic E-state index is 0.233. The van der Waals surface area contributed by atoms with Crippen molar-refractivity contribution in [1.82, 2.24) is 0 Å². The lowest BCUT2D eigenvalue weighted by Crippen LogP contribution is -2.24. The Morgan fingerprint density at radius 3 is 2.54 bits per heavy atom. The van der Waals surface area contributed by atoms with Gasteiger partial charge in [-0.05, 0) is 17.0 Å². The van der Waals surface area contributed by atoms with Gasteiger partial charge in [-0.2, -0.15) is 0 Å². The molecule has 0 heterocycles. The first-order valence-corrected chi connectivity index (χ1v) is 4.49. The zero-order chi connectivity index (χ0) is 9.68. The summed E-state index contributed by atoms with van der Waals surface area (Å²) in [6.07, 6.45) is 0. The van der Waals surface area contributed by atoms with Gasteiger partial charge in [-0.1, -0.05) is 18.2 Å². The lowest BCUT2D eigenvalue weighted by molar-refractivity contribution is -0.113. The van der Waals surface area contributed by atoms with E-state index in [9.17, 15) is 4.79 Å². The van der Waals surface area contributed by atoms with Crippen molar-refractivity contribution in [2.24, 2.45) is 0 Å². The summed E-state index contributed by atoms with van der Waals surface area (Å²) in [5.74, 6) is 2.16. The second-order valence-corrected chi connectivity index (χ2v) is 2.82. The first-order valence-electron chi connectivity index (χ1n) is 3.70. The number of halogens is 1. The molecular weight excluding hydrogens is 230 g/mol. The second kappa shape index (κ2) is 4.68. The Morgan fingerprint density at radius 1 is 1.38 bits per heavy atom. The number of carbonyl (C=O) groups is 1. The highest BCUT2D eigenvalue weighted by Gasteiger charge is 2.05. The van der Waals surface area contributed by atoms with Crippen LogP contribution in [0.4, 0.5) is 5.69 Å². The molecule has 0 aliphatic heterocycles. The molecule has 2 nitrogen and oxygen atoms in total. The van der Waals surface area contributed by atoms with Crippen LogP contribution in [-0.4, -0.2) is 13.0 Å². The molecule has 0 spiro atoms. The van der Waals surface area contributed by atoms with Crippen molar-refractivity contribution in [2.75, 3.05) is 11.9 Å². The summed E-state index contributed by atoms with van der Waals surface area (Å²) in [5.41, 5.74) is 0.836. The van der Waals surface area contributed by atoms with Gasteiger partial charge in [-0.25, -0.2) is 0 Å². The van der Waals surface area contributed by atoms with Crippen LogP contribution in [0, 0.1) is 10.8 Å². The number of anilines is 1. The molecule has 1 rings (SSSR count). The molecule has 0 N–H and O–H groups in total. The fraction of sp³-hybridized carbons (Fsp3) is 0.100. The molecule has 0 radical (unpaired) electrons. The van der Waals surface area contributed by atoms with Gasteiger partial charge in [0, 0.05) is 34.6 Å². The molecule has 3 heteroatoms. The van der Waals surface area contributed by atoms with E-state index in [0.29, 0.717) is 0 Å². The summed E-state index contributed by atoms with van der Waals surface area (Å²) in [5, 5.41) is 0. The van der Waals surface area contributed by atoms with Crippen molar-refractivity contribution in [3.05, 3.63) is 30.3 Å². The Morgan fingerprint density at radius 2 is 2.00 bits per heavy atom. The lowest BCUT2D eigenvalue weighted by Gasteiger charge is -2.12. The number of carbonyl (C=O) groups excluding carboxylic acids is 1. The number of rotatable bonds is 1. The lowest BCUT2D eigenvalue weighted by atomic mass is 10.3. The average Bonchev–Trinajstić information content (AvgIpc) is 2.18. The largest absolute Gasteiger partial charge is 0.305 e. The molecule has 0 aliphatic carbocycles. The van der Waals surface area contributed by atoms with E-state index in [1.54, 1.807) is 7.05 Å². The Hall–Kier alpha value is -1.27. The zero-order valence-corrected chi connectivity index (χ0v) is 8.71. The summed E-state index contributed by atoms with van der Waals surface area (Å²) in [6, 6.07) is 9.36. The molecular formula is C10H8BrNO. The van der Waals surface area contributed by atoms with E-state index < -0.39 is 0 Å². The monoisotopic (exact) mass is 237 g/mol. The molecule has 0 unspecified atom stereocenters. The number of hydrogen-bond donors (Lipinski definition) is 0. The summed E-state index contributed by atoms with van der Waals surface area (Å²) in [7, 11) is 1.69. The normalized spacial score (nSPS) is 8.46. The molecule has 1 aromatic carbocycles. The zero-order valence-electron chi connectivity index (χ0n) is 7.12. The van der Waals surface area contributed by atoms with E-state index in [1.807, 2.05) is 30.3 Å². The Bertz CT molecular complexity index is 350. The molecule has 13 heavy (non-hydrogen) atoms. The van der Waals surface area contributed by atoms with Crippen molar-refractivity contribution >= 4 is 27.5 Å². The number of benzene rings is 1. The van der Waals surface area contributed by atoms with Crippen LogP contribution in [0.3, 0.4) is 0 Å². The minimum atomic E-state index is -0.233. The molecule has 0 fully saturated rings. The number of para-hydroxylation sites is 1. The molecule has 0 aromatic heterocycles. The molecule has 66 valence electrons. The van der Waals surface area contributed by atoms with Gasteiger partial charge in [0.2, 0.25) is 0 Å². The predicted octanol–water partition coefficient (Wildman–Crippen LogP) is 2.01. The Kier molecular flexibility index (Phi) is 3.53. The highest BCUT2D eigenvalue weighted by Crippen LogP contribution is 2.10. The summed E-state index contributed by atoms with van der Waals surface area (Å²) >= 11 is 2.88. The first-order chi connectivity index (χ1) is 6.25. The van der Waals surface area contributed by atoms with E-state index in [2.05, 4.69) is 26.7 Å². The predicted molar refractivity (Wildman–Crippen MR) is 56.6 cm³/mol. The van der Waals surface area contributed by atoms with Crippen LogP contribution in [0.15, 0.2) is 30.3 Å². The van der Waals surface area contributed by atoms with Crippen LogP contribution in [-0.2, 0) is 4.79 Å². The fourth-order valence-corrected chi connectivity index (χ4v) is 1.06. The first kappa shape index (κ1) is 9.82. The maximum Gasteiger partial charge on any atom is 0.303 e. The van der Waals surface area contributed by atoms with Gasteiger partial charge in [-0.15, -0.1) is 0 Å². The topological polar surface area (TPSA) is 20.3 Å². The highest BCUT2D eigenvalue weighted by molar-refractivity contribution is 9.12. The van der Waals surface area contributed by atoms with Crippen LogP contribution in [0.25, 0.3) is 0 Å². The maximum absolute atomic E-state index is 11.3. The van der Waals surface area contributed by atoms with Gasteiger partial charge in [0.25, 0.3) is 0 Å². The molecule has 0 saturated heterocycles. The van der Waals surface area contributed by atoms with E-state index >= 15 is 0 Å². The number of nitrogens with zero attached hydrogens (tertiary/aromatic N) is 1. The molecule has 0 saturated carbocycles. The number of amides is 1. The Balaban J connectivity index is 2.84. The van der Waals surface area contributed by atoms with Crippen molar-refractivity contribution in [2.45, 2.75) is 0 Å². The van der Waals surface area contributed by atoms with Crippen molar-refractivity contribution < 1.29 is 4.79 Å². The third-order valence-electron chi connectivity index (χ3n) is 1.60. The van der Waals surface area contributed by atoms with Crippen molar-refractivity contribution in [1.29, 1.82) is 0 Å². The molecule has 1 aromatic rings. The minimum Gasteiger partial charge on any atom is -0.305 e. The van der Waals surface area contributed by atoms with E-state index in [1.165, 1.54) is 4.90 Å². The van der Waals surface area contributed by atoms with Gasteiger partial charge in [0.15, 0.2) is 0 Å². The van der Waals surface area contributed by atoms with Crippen LogP contribution in [0.2, 0.25) is 0 Å². The van der Waals surface area contributed by atoms with Gasteiger partial charge in [0.1, 0.15) is 0 Å². The van der Waals surface area contributed by atoms with Crippen LogP contribution in [0.1, 0.15) is 0 Å². The molecule has 0 atom stereocenters. The van der Waals surface area contributed by atoms with Gasteiger partial charge >= 0.3 is 5.91 Å². The quantitative estimate of drug-likeness (QED) is 0.685. The fourth-order valence-electron chi connectivity index (χ4n) is 0.893. The molecule has 1 amide bonds. The summed E-state index contributed by atoms with van der Waals surface area (Å²) in [6.45, 7) is 0.